The predicted molar refractivity (Wildman–Crippen MR) is 475 cm³/mol. The number of aliphatic hydroxyl groups is 2. The number of benzene rings is 2. The molecule has 0 aliphatic carbocycles. The number of aliphatic carboxylic acids is 3. The number of unbranched alkanes of at least 4 members (excludes halogenated alkanes) is 1. The van der Waals surface area contributed by atoms with Gasteiger partial charge in [-0.1, -0.05) is 76.6 Å². The molecular formula is C83H131N23O24S. The molecule has 0 spiro atoms. The highest BCUT2D eigenvalue weighted by Crippen LogP contribution is 2.24. The number of thiol groups is 1. The first-order valence-electron chi connectivity index (χ1n) is 43.4. The highest BCUT2D eigenvalue weighted by atomic mass is 32.1. The number of carbonyl (C=O) groups is 18. The Morgan fingerprint density at radius 2 is 0.878 bits per heavy atom. The van der Waals surface area contributed by atoms with E-state index in [1.165, 1.54) is 52.0 Å². The Morgan fingerprint density at radius 3 is 1.35 bits per heavy atom. The summed E-state index contributed by atoms with van der Waals surface area (Å²) in [4.78, 5) is 251. The van der Waals surface area contributed by atoms with Crippen LogP contribution in [0.5, 0.6) is 5.75 Å². The number of nitrogens with two attached hydrogens (primary N) is 4. The molecule has 2 aliphatic rings. The van der Waals surface area contributed by atoms with E-state index in [0.717, 1.165) is 16.7 Å². The van der Waals surface area contributed by atoms with Crippen molar-refractivity contribution < 1.29 is 117 Å². The van der Waals surface area contributed by atoms with Crippen LogP contribution in [0.4, 0.5) is 0 Å². The van der Waals surface area contributed by atoms with Crippen LogP contribution in [-0.2, 0) is 99.1 Å². The van der Waals surface area contributed by atoms with E-state index in [0.29, 0.717) is 30.5 Å². The number of phenolic OH excluding ortho intramolecular Hbond substituents is 1. The largest absolute Gasteiger partial charge is 0.508 e. The number of aliphatic hydroxyl groups excluding tert-OH is 2. The third-order valence-electron chi connectivity index (χ3n) is 21.4. The van der Waals surface area contributed by atoms with Gasteiger partial charge in [0, 0.05) is 57.6 Å². The molecule has 2 aliphatic heterocycles. The van der Waals surface area contributed by atoms with E-state index in [9.17, 15) is 117 Å². The van der Waals surface area contributed by atoms with Crippen molar-refractivity contribution in [1.82, 2.24) is 89.6 Å². The first kappa shape index (κ1) is 111. The van der Waals surface area contributed by atoms with Gasteiger partial charge in [0.15, 0.2) is 11.9 Å². The topological polar surface area (TPSA) is 767 Å². The number of hydrogen-bond donors (Lipinski definition) is 28. The molecule has 17 atom stereocenters. The molecule has 0 aromatic heterocycles. The number of hydrogen-bond acceptors (Lipinski definition) is 26. The molecule has 0 saturated carbocycles. The predicted octanol–water partition coefficient (Wildman–Crippen LogP) is -6.70. The number of carbonyl (C=O) groups excluding carboxylic acids is 15. The monoisotopic (exact) mass is 1870 g/mol. The SMILES string of the molecule is CC(C)C[C@H](NC(=O)[C@H](Cc1ccc(O)cc1)NC(=O)[C@H](CCC(=O)O)NC(=O)[C@@H]1CCCN1C(=O)[C@@H](NC(=O)CNC(=O)[C@H](CS)NC(=O)[C@H](Cc1ccccc1)NC(=O)[C@@H](NC(=O)[C@@H](N)CCCCN)[C@@H](C)O)[C@@H](C)O)C(=O)N[C@@H](C)C(=O)N1CCC[C@H]1C(=O)N[C@@H](CCC(=O)O)C(=O)N[C@H](C(=O)N[C@@H](CCCNC(=N)N)C(=O)N[C@@H](CCCNC(=N)N)C(=O)O)C(C)C. The van der Waals surface area contributed by atoms with Crippen LogP contribution in [0.15, 0.2) is 54.6 Å². The molecule has 47 nitrogen and oxygen atoms in total. The third-order valence-corrected chi connectivity index (χ3v) is 21.7. The van der Waals surface area contributed by atoms with Crippen LogP contribution >= 0.6 is 12.6 Å². The van der Waals surface area contributed by atoms with Crippen molar-refractivity contribution in [3.63, 3.8) is 0 Å². The quantitative estimate of drug-likeness (QED) is 0.0127. The van der Waals surface area contributed by atoms with Crippen LogP contribution in [0.2, 0.25) is 0 Å². The van der Waals surface area contributed by atoms with Crippen LogP contribution in [0, 0.1) is 22.7 Å². The average Bonchev–Trinajstić information content (AvgIpc) is 1.74. The van der Waals surface area contributed by atoms with Gasteiger partial charge in [0.1, 0.15) is 90.3 Å². The van der Waals surface area contributed by atoms with Gasteiger partial charge in [0.25, 0.3) is 0 Å². The van der Waals surface area contributed by atoms with Gasteiger partial charge in [-0.25, -0.2) is 4.79 Å². The van der Waals surface area contributed by atoms with E-state index < -0.39 is 253 Å². The molecule has 728 valence electrons. The molecule has 48 heteroatoms. The fourth-order valence-electron chi connectivity index (χ4n) is 14.2. The lowest BCUT2D eigenvalue weighted by molar-refractivity contribution is -0.144. The summed E-state index contributed by atoms with van der Waals surface area (Å²) in [5.41, 5.74) is 23.2. The van der Waals surface area contributed by atoms with Crippen LogP contribution < -0.4 is 103 Å². The van der Waals surface area contributed by atoms with Gasteiger partial charge in [-0.15, -0.1) is 0 Å². The lowest BCUT2D eigenvalue weighted by Crippen LogP contribution is -2.61. The van der Waals surface area contributed by atoms with Crippen molar-refractivity contribution in [2.75, 3.05) is 45.0 Å². The van der Waals surface area contributed by atoms with Crippen LogP contribution in [0.25, 0.3) is 0 Å². The fraction of sp³-hybridized carbons (Fsp3) is 0.614. The smallest absolute Gasteiger partial charge is 0.326 e. The molecule has 2 aromatic rings. The van der Waals surface area contributed by atoms with Crippen LogP contribution in [0.3, 0.4) is 0 Å². The Bertz CT molecular complexity index is 4270. The Hall–Kier alpha value is -12.6. The number of phenols is 1. The lowest BCUT2D eigenvalue weighted by Gasteiger charge is -2.31. The molecule has 131 heavy (non-hydrogen) atoms. The zero-order valence-corrected chi connectivity index (χ0v) is 75.4. The number of aromatic hydroxyl groups is 1. The van der Waals surface area contributed by atoms with Gasteiger partial charge in [0.05, 0.1) is 24.8 Å². The summed E-state index contributed by atoms with van der Waals surface area (Å²) in [5, 5.41) is 114. The minimum Gasteiger partial charge on any atom is -0.508 e. The third kappa shape index (κ3) is 38.6. The van der Waals surface area contributed by atoms with E-state index in [-0.39, 0.29) is 127 Å². The maximum atomic E-state index is 14.8. The van der Waals surface area contributed by atoms with Gasteiger partial charge in [-0.2, -0.15) is 12.6 Å². The number of likely N-dealkylation sites (tertiary alicyclic amines) is 2. The van der Waals surface area contributed by atoms with Crippen molar-refractivity contribution in [2.45, 2.75) is 267 Å². The fourth-order valence-corrected chi connectivity index (χ4v) is 14.5. The number of rotatable bonds is 57. The minimum atomic E-state index is -1.80. The van der Waals surface area contributed by atoms with Gasteiger partial charge < -0.3 is 143 Å². The summed E-state index contributed by atoms with van der Waals surface area (Å²) in [5.74, 6) is -21.3. The molecule has 15 amide bonds. The normalized spacial score (nSPS) is 16.9. The van der Waals surface area contributed by atoms with E-state index >= 15 is 0 Å². The molecule has 0 unspecified atom stereocenters. The molecule has 4 rings (SSSR count). The zero-order chi connectivity index (χ0) is 98.1. The van der Waals surface area contributed by atoms with Crippen molar-refractivity contribution in [1.29, 1.82) is 10.8 Å². The second-order valence-electron chi connectivity index (χ2n) is 33.0. The van der Waals surface area contributed by atoms with Crippen LogP contribution in [0.1, 0.15) is 162 Å². The van der Waals surface area contributed by atoms with Crippen LogP contribution in [-0.4, -0.2) is 307 Å². The molecule has 2 fully saturated rings. The number of nitrogens with zero attached hydrogens (tertiary/aromatic N) is 2. The molecule has 2 saturated heterocycles. The second kappa shape index (κ2) is 56.1. The summed E-state index contributed by atoms with van der Waals surface area (Å²) in [7, 11) is 0. The van der Waals surface area contributed by atoms with Gasteiger partial charge in [0.2, 0.25) is 88.6 Å². The standard InChI is InChI=1S/C83H131N23O24S/c1-42(2)37-55(72(120)93-44(5)79(127)105-35-15-22-59(105)75(123)95-53(29-31-63(113)114)71(119)103-64(43(3)4)77(125)96-51(20-13-33-90-82(86)87)69(117)97-54(81(129)130)21-14-34-91-83(88)89)98-73(121)56(39-48-24-26-49(109)27-25-48)99-70(118)52(28-30-62(111)112)94-76(124)60-23-16-36-106(60)80(128)66(46(7)108)102-61(110)40-92-68(116)58(41-131)101-74(122)57(38-47-17-9-8-10-18-47)100-78(126)65(45(6)107)104-67(115)50(85)19-11-12-32-84/h8-10,17-18,24-27,42-46,50-60,64-66,107-109,131H,11-16,19-23,28-41,84-85H2,1-7H3,(H,92,116)(H,93,120)(H,94,124)(H,95,123)(H,96,125)(H,97,117)(H,98,121)(H,99,118)(H,100,126)(H,101,122)(H,102,110)(H,103,119)(H,104,115)(H,111,112)(H,113,114)(H,129,130)(H4,86,87,90)(H4,88,89,91)/t44-,45+,46+,50-,51-,52-,53-,54-,55-,56-,57-,58-,59-,60-,64-,65-,66-/m0/s1. The number of carboxylic acid groups (broad SMARTS) is 3. The van der Waals surface area contributed by atoms with Gasteiger partial charge in [-0.05, 0) is 146 Å². The average molecular weight is 1870 g/mol. The Balaban J connectivity index is 1.51. The summed E-state index contributed by atoms with van der Waals surface area (Å²) in [6.45, 7) is 9.49. The second-order valence-corrected chi connectivity index (χ2v) is 33.4. The Kier molecular flexibility index (Phi) is 47.4. The van der Waals surface area contributed by atoms with Gasteiger partial charge >= 0.3 is 17.9 Å². The Morgan fingerprint density at radius 1 is 0.450 bits per heavy atom. The zero-order valence-electron chi connectivity index (χ0n) is 74.5. The molecular weight excluding hydrogens is 1740 g/mol. The van der Waals surface area contributed by atoms with E-state index in [4.69, 9.17) is 33.8 Å². The van der Waals surface area contributed by atoms with E-state index in [1.807, 2.05) is 0 Å². The minimum absolute atomic E-state index is 0.00344. The Labute approximate surface area is 763 Å². The highest BCUT2D eigenvalue weighted by Gasteiger charge is 2.44. The van der Waals surface area contributed by atoms with E-state index in [1.54, 1.807) is 44.2 Å². The summed E-state index contributed by atoms with van der Waals surface area (Å²) < 4.78 is 0. The van der Waals surface area contributed by atoms with Gasteiger partial charge in [-0.3, -0.25) is 92.3 Å². The molecule has 0 radical (unpaired) electrons. The summed E-state index contributed by atoms with van der Waals surface area (Å²) >= 11 is 4.22. The maximum Gasteiger partial charge on any atom is 0.326 e. The number of nitrogens with one attached hydrogen (secondary N) is 17. The van der Waals surface area contributed by atoms with Crippen molar-refractivity contribution in [2.24, 2.45) is 34.8 Å². The van der Waals surface area contributed by atoms with Crippen molar-refractivity contribution in [3.05, 3.63) is 65.7 Å². The number of guanidine groups is 2. The maximum absolute atomic E-state index is 14.8. The number of amides is 15. The highest BCUT2D eigenvalue weighted by molar-refractivity contribution is 7.80. The lowest BCUT2D eigenvalue weighted by atomic mass is 10.00. The summed E-state index contributed by atoms with van der Waals surface area (Å²) in [6, 6.07) is -8.96. The summed E-state index contributed by atoms with van der Waals surface area (Å²) in [6.07, 6.45) is -4.88. The van der Waals surface area contributed by atoms with Crippen molar-refractivity contribution in [3.8, 4) is 5.75 Å². The molecule has 31 N–H and O–H groups in total. The first-order chi connectivity index (χ1) is 61.8. The van der Waals surface area contributed by atoms with Crippen molar-refractivity contribution >= 4 is 131 Å². The molecule has 0 bridgehead atoms. The molecule has 2 aromatic carbocycles. The molecule has 2 heterocycles. The van der Waals surface area contributed by atoms with E-state index in [2.05, 4.69) is 92.4 Å². The first-order valence-corrected chi connectivity index (χ1v) is 44.0. The number of carboxylic acids is 3.